The lowest BCUT2D eigenvalue weighted by atomic mass is 10.2. The van der Waals surface area contributed by atoms with E-state index < -0.39 is 43.7 Å². The highest BCUT2D eigenvalue weighted by Crippen LogP contribution is 2.35. The van der Waals surface area contributed by atoms with Gasteiger partial charge < -0.3 is 9.90 Å². The molecule has 10 heteroatoms. The van der Waals surface area contributed by atoms with Gasteiger partial charge in [-0.25, -0.2) is 13.1 Å². The molecule has 0 fully saturated rings. The molecule has 0 aliphatic carbocycles. The average molecular weight is 331 g/mol. The number of carbonyl (C=O) groups is 1. The minimum Gasteiger partial charge on any atom is -0.548 e. The van der Waals surface area contributed by atoms with E-state index in [2.05, 4.69) is 0 Å². The molecule has 1 aromatic carbocycles. The molecule has 0 aliphatic heterocycles. The minimum absolute atomic E-state index is 0.326. The standard InChI is InChI=1S/C10H9ClF3NO4S/c1-5(9(16)17)15-20(18,19)6-2-3-8(11)7(4-6)10(12,13)14/h2-5,15H,1H3,(H,16,17)/p-1. The van der Waals surface area contributed by atoms with Crippen LogP contribution in [0.4, 0.5) is 13.2 Å². The number of hydrogen-bond donors (Lipinski definition) is 1. The van der Waals surface area contributed by atoms with Crippen molar-refractivity contribution in [2.24, 2.45) is 0 Å². The van der Waals surface area contributed by atoms with E-state index in [0.717, 1.165) is 19.1 Å². The number of aliphatic carboxylic acids is 1. The molecular weight excluding hydrogens is 323 g/mol. The van der Waals surface area contributed by atoms with E-state index in [1.807, 2.05) is 0 Å². The van der Waals surface area contributed by atoms with Gasteiger partial charge in [-0.1, -0.05) is 11.6 Å². The number of benzene rings is 1. The molecule has 0 saturated carbocycles. The third-order valence-corrected chi connectivity index (χ3v) is 4.11. The summed E-state index contributed by atoms with van der Waals surface area (Å²) in [5.74, 6) is -1.71. The molecular formula is C10H8ClF3NO4S-. The molecule has 1 aromatic rings. The summed E-state index contributed by atoms with van der Waals surface area (Å²) >= 11 is 5.35. The first kappa shape index (κ1) is 16.7. The smallest absolute Gasteiger partial charge is 0.417 e. The second kappa shape index (κ2) is 5.58. The van der Waals surface area contributed by atoms with E-state index in [0.29, 0.717) is 6.07 Å². The van der Waals surface area contributed by atoms with E-state index in [1.165, 1.54) is 0 Å². The predicted molar refractivity (Wildman–Crippen MR) is 61.2 cm³/mol. The van der Waals surface area contributed by atoms with Crippen molar-refractivity contribution < 1.29 is 31.5 Å². The predicted octanol–water partition coefficient (Wildman–Crippen LogP) is 0.775. The minimum atomic E-state index is -4.83. The number of alkyl halides is 3. The van der Waals surface area contributed by atoms with Gasteiger partial charge in [0, 0.05) is 0 Å². The van der Waals surface area contributed by atoms with Crippen molar-refractivity contribution in [3.8, 4) is 0 Å². The topological polar surface area (TPSA) is 86.3 Å². The van der Waals surface area contributed by atoms with E-state index >= 15 is 0 Å². The molecule has 0 aliphatic rings. The number of carboxylic acid groups (broad SMARTS) is 1. The molecule has 0 bridgehead atoms. The quantitative estimate of drug-likeness (QED) is 0.883. The zero-order valence-electron chi connectivity index (χ0n) is 9.86. The molecule has 1 N–H and O–H groups in total. The second-order valence-electron chi connectivity index (χ2n) is 3.80. The fourth-order valence-electron chi connectivity index (χ4n) is 1.24. The molecule has 112 valence electrons. The number of hydrogen-bond acceptors (Lipinski definition) is 4. The summed E-state index contributed by atoms with van der Waals surface area (Å²) in [5.41, 5.74) is -1.33. The van der Waals surface area contributed by atoms with Crippen LogP contribution in [0.1, 0.15) is 12.5 Å². The van der Waals surface area contributed by atoms with Crippen molar-refractivity contribution in [3.63, 3.8) is 0 Å². The van der Waals surface area contributed by atoms with Crippen LogP contribution in [0.2, 0.25) is 5.02 Å². The third kappa shape index (κ3) is 3.84. The van der Waals surface area contributed by atoms with E-state index in [4.69, 9.17) is 11.6 Å². The van der Waals surface area contributed by atoms with Crippen LogP contribution in [0.15, 0.2) is 23.1 Å². The number of carboxylic acids is 1. The molecule has 1 atom stereocenters. The van der Waals surface area contributed by atoms with Gasteiger partial charge in [-0.3, -0.25) is 0 Å². The van der Waals surface area contributed by atoms with Crippen LogP contribution in [-0.4, -0.2) is 20.4 Å². The molecule has 0 aromatic heterocycles. The van der Waals surface area contributed by atoms with Crippen LogP contribution < -0.4 is 9.83 Å². The van der Waals surface area contributed by atoms with E-state index in [9.17, 15) is 31.5 Å². The van der Waals surface area contributed by atoms with E-state index in [1.54, 1.807) is 4.72 Å². The Balaban J connectivity index is 3.24. The molecule has 5 nitrogen and oxygen atoms in total. The summed E-state index contributed by atoms with van der Waals surface area (Å²) in [6, 6.07) is 0.335. The van der Waals surface area contributed by atoms with Gasteiger partial charge in [0.05, 0.1) is 27.5 Å². The summed E-state index contributed by atoms with van der Waals surface area (Å²) in [7, 11) is -4.43. The highest BCUT2D eigenvalue weighted by atomic mass is 35.5. The maximum Gasteiger partial charge on any atom is 0.417 e. The monoisotopic (exact) mass is 330 g/mol. The van der Waals surface area contributed by atoms with Crippen molar-refractivity contribution in [1.29, 1.82) is 0 Å². The Hall–Kier alpha value is -1.32. The SMILES string of the molecule is CC(NS(=O)(=O)c1ccc(Cl)c(C(F)(F)F)c1)C(=O)[O-]. The van der Waals surface area contributed by atoms with Gasteiger partial charge in [0.1, 0.15) is 0 Å². The highest BCUT2D eigenvalue weighted by molar-refractivity contribution is 7.89. The van der Waals surface area contributed by atoms with Crippen molar-refractivity contribution in [2.75, 3.05) is 0 Å². The fraction of sp³-hybridized carbons (Fsp3) is 0.300. The van der Waals surface area contributed by atoms with Crippen LogP contribution in [0, 0.1) is 0 Å². The first-order valence-corrected chi connectivity index (χ1v) is 6.91. The highest BCUT2D eigenvalue weighted by Gasteiger charge is 2.34. The van der Waals surface area contributed by atoms with Crippen LogP contribution in [0.25, 0.3) is 0 Å². The molecule has 0 radical (unpaired) electrons. The normalized spacial score (nSPS) is 14.1. The van der Waals surface area contributed by atoms with Crippen LogP contribution in [0.3, 0.4) is 0 Å². The lowest BCUT2D eigenvalue weighted by molar-refractivity contribution is -0.307. The Morgan fingerprint density at radius 3 is 2.40 bits per heavy atom. The molecule has 0 heterocycles. The summed E-state index contributed by atoms with van der Waals surface area (Å²) < 4.78 is 62.9. The molecule has 1 unspecified atom stereocenters. The molecule has 0 amide bonds. The summed E-state index contributed by atoms with van der Waals surface area (Å²) in [6.45, 7) is 0.980. The van der Waals surface area contributed by atoms with Gasteiger partial charge in [-0.05, 0) is 25.1 Å². The Bertz CT molecular complexity index is 630. The summed E-state index contributed by atoms with van der Waals surface area (Å²) in [5, 5.41) is 9.79. The zero-order chi connectivity index (χ0) is 15.7. The van der Waals surface area contributed by atoms with Gasteiger partial charge in [-0.2, -0.15) is 13.2 Å². The Labute approximate surface area is 117 Å². The first-order valence-electron chi connectivity index (χ1n) is 5.05. The number of nitrogens with one attached hydrogen (secondary N) is 1. The summed E-state index contributed by atoms with van der Waals surface area (Å²) in [6.07, 6.45) is -4.83. The van der Waals surface area contributed by atoms with Crippen LogP contribution in [0.5, 0.6) is 0 Å². The molecule has 0 saturated heterocycles. The molecule has 0 spiro atoms. The van der Waals surface area contributed by atoms with Gasteiger partial charge in [0.2, 0.25) is 10.0 Å². The first-order chi connectivity index (χ1) is 8.95. The van der Waals surface area contributed by atoms with Gasteiger partial charge in [0.25, 0.3) is 0 Å². The third-order valence-electron chi connectivity index (χ3n) is 2.24. The number of sulfonamides is 1. The molecule has 20 heavy (non-hydrogen) atoms. The maximum absolute atomic E-state index is 12.6. The van der Waals surface area contributed by atoms with Gasteiger partial charge in [0.15, 0.2) is 0 Å². The fourth-order valence-corrected chi connectivity index (χ4v) is 2.68. The maximum atomic E-state index is 12.6. The van der Waals surface area contributed by atoms with Crippen molar-refractivity contribution in [2.45, 2.75) is 24.0 Å². The summed E-state index contributed by atoms with van der Waals surface area (Å²) in [4.78, 5) is 9.70. The second-order valence-corrected chi connectivity index (χ2v) is 5.92. The van der Waals surface area contributed by atoms with Crippen LogP contribution in [-0.2, 0) is 21.0 Å². The lowest BCUT2D eigenvalue weighted by Gasteiger charge is -2.16. The van der Waals surface area contributed by atoms with Crippen molar-refractivity contribution in [3.05, 3.63) is 28.8 Å². The Morgan fingerprint density at radius 2 is 1.95 bits per heavy atom. The van der Waals surface area contributed by atoms with Gasteiger partial charge in [-0.15, -0.1) is 0 Å². The number of rotatable bonds is 4. The number of carbonyl (C=O) groups excluding carboxylic acids is 1. The van der Waals surface area contributed by atoms with Crippen molar-refractivity contribution >= 4 is 27.6 Å². The average Bonchev–Trinajstić information content (AvgIpc) is 2.26. The Kier molecular flexibility index (Phi) is 4.67. The lowest BCUT2D eigenvalue weighted by Crippen LogP contribution is -2.45. The number of halogens is 4. The largest absolute Gasteiger partial charge is 0.548 e. The van der Waals surface area contributed by atoms with Crippen molar-refractivity contribution in [1.82, 2.24) is 4.72 Å². The Morgan fingerprint density at radius 1 is 1.40 bits per heavy atom. The zero-order valence-corrected chi connectivity index (χ0v) is 11.4. The van der Waals surface area contributed by atoms with Crippen LogP contribution >= 0.6 is 11.6 Å². The van der Waals surface area contributed by atoms with Gasteiger partial charge >= 0.3 is 6.18 Å². The molecule has 1 rings (SSSR count). The van der Waals surface area contributed by atoms with E-state index in [-0.39, 0.29) is 0 Å².